The van der Waals surface area contributed by atoms with Crippen LogP contribution in [-0.4, -0.2) is 79.2 Å². The standard InChI is InChI=1S/C16H17N5O5S4/c1-7-19-20-15(30-7)29-6-8-5-28-14-16(26-2,18-11(22)9(4-17)27-3)13(25)21(14)10(8)12(23)24/h9,14H,5-6H2,1-3H3,(H,18,22)(H,23,24)/t9?,14-,16-/m0/s1. The number of fused-ring (bicyclic) bond motifs is 1. The van der Waals surface area contributed by atoms with Crippen LogP contribution < -0.4 is 5.32 Å². The van der Waals surface area contributed by atoms with Crippen LogP contribution >= 0.6 is 46.6 Å². The van der Waals surface area contributed by atoms with Gasteiger partial charge in [-0.3, -0.25) is 14.5 Å². The van der Waals surface area contributed by atoms with Gasteiger partial charge in [-0.25, -0.2) is 4.79 Å². The second kappa shape index (κ2) is 9.15. The summed E-state index contributed by atoms with van der Waals surface area (Å²) < 4.78 is 6.07. The lowest BCUT2D eigenvalue weighted by atomic mass is 9.98. The molecule has 3 rings (SSSR count). The van der Waals surface area contributed by atoms with Crippen LogP contribution in [0.3, 0.4) is 0 Å². The van der Waals surface area contributed by atoms with E-state index in [1.54, 1.807) is 6.26 Å². The Bertz CT molecular complexity index is 960. The molecule has 0 bridgehead atoms. The number of ether oxygens (including phenoxy) is 1. The first kappa shape index (κ1) is 22.9. The Morgan fingerprint density at radius 1 is 1.53 bits per heavy atom. The zero-order valence-corrected chi connectivity index (χ0v) is 19.3. The summed E-state index contributed by atoms with van der Waals surface area (Å²) in [7, 11) is 1.27. The number of carboxylic acid groups (broad SMARTS) is 1. The number of rotatable bonds is 8. The van der Waals surface area contributed by atoms with Gasteiger partial charge in [-0.05, 0) is 18.8 Å². The molecule has 0 radical (unpaired) electrons. The van der Waals surface area contributed by atoms with Crippen molar-refractivity contribution in [1.29, 1.82) is 5.26 Å². The number of β-lactam (4-membered cyclic amide) rings is 1. The predicted octanol–water partition coefficient (Wildman–Crippen LogP) is 0.906. The maximum atomic E-state index is 13.0. The molecule has 0 saturated carbocycles. The lowest BCUT2D eigenvalue weighted by Crippen LogP contribution is -2.81. The number of hydrogen-bond donors (Lipinski definition) is 2. The van der Waals surface area contributed by atoms with E-state index >= 15 is 0 Å². The molecule has 0 aromatic carbocycles. The zero-order chi connectivity index (χ0) is 22.1. The summed E-state index contributed by atoms with van der Waals surface area (Å²) in [5, 5.41) is 28.4. The minimum Gasteiger partial charge on any atom is -0.477 e. The SMILES string of the molecule is CO[C@@]1(NC(=O)C(C#N)SC)C(=O)N2C(C(=O)O)=C(CSc3nnc(C)s3)CS[C@H]21. The van der Waals surface area contributed by atoms with E-state index < -0.39 is 34.1 Å². The third-order valence-corrected chi connectivity index (χ3v) is 8.63. The summed E-state index contributed by atoms with van der Waals surface area (Å²) in [4.78, 5) is 38.5. The van der Waals surface area contributed by atoms with Crippen LogP contribution in [0.25, 0.3) is 0 Å². The van der Waals surface area contributed by atoms with Crippen molar-refractivity contribution in [2.45, 2.75) is 27.6 Å². The van der Waals surface area contributed by atoms with Gasteiger partial charge in [-0.15, -0.1) is 33.7 Å². The largest absolute Gasteiger partial charge is 0.477 e. The lowest BCUT2D eigenvalue weighted by molar-refractivity contribution is -0.192. The van der Waals surface area contributed by atoms with Crippen LogP contribution in [0.4, 0.5) is 0 Å². The van der Waals surface area contributed by atoms with Crippen molar-refractivity contribution in [3.05, 3.63) is 16.3 Å². The van der Waals surface area contributed by atoms with Gasteiger partial charge in [-0.2, -0.15) is 5.26 Å². The van der Waals surface area contributed by atoms with E-state index in [4.69, 9.17) is 10.00 Å². The summed E-state index contributed by atoms with van der Waals surface area (Å²) in [5.41, 5.74) is -1.24. The van der Waals surface area contributed by atoms with Crippen molar-refractivity contribution >= 4 is 64.4 Å². The highest BCUT2D eigenvalue weighted by Crippen LogP contribution is 2.47. The second-order valence-electron chi connectivity index (χ2n) is 6.15. The van der Waals surface area contributed by atoms with Crippen molar-refractivity contribution in [1.82, 2.24) is 20.4 Å². The number of amides is 2. The Morgan fingerprint density at radius 2 is 2.27 bits per heavy atom. The Kier molecular flexibility index (Phi) is 6.98. The van der Waals surface area contributed by atoms with Crippen LogP contribution in [0.1, 0.15) is 5.01 Å². The van der Waals surface area contributed by atoms with Crippen molar-refractivity contribution in [2.75, 3.05) is 24.9 Å². The van der Waals surface area contributed by atoms with Crippen molar-refractivity contribution in [3.63, 3.8) is 0 Å². The quantitative estimate of drug-likeness (QED) is 0.306. The smallest absolute Gasteiger partial charge is 0.352 e. The van der Waals surface area contributed by atoms with Crippen LogP contribution in [0.5, 0.6) is 0 Å². The number of aryl methyl sites for hydroxylation is 1. The molecule has 0 spiro atoms. The van der Waals surface area contributed by atoms with Gasteiger partial charge in [0.2, 0.25) is 5.91 Å². The number of aliphatic carboxylic acids is 1. The minimum absolute atomic E-state index is 0.110. The van der Waals surface area contributed by atoms with E-state index in [0.717, 1.165) is 21.7 Å². The monoisotopic (exact) mass is 487 g/mol. The highest BCUT2D eigenvalue weighted by Gasteiger charge is 2.66. The summed E-state index contributed by atoms with van der Waals surface area (Å²) in [6.07, 6.45) is 1.60. The highest BCUT2D eigenvalue weighted by atomic mass is 32.2. The summed E-state index contributed by atoms with van der Waals surface area (Å²) in [6.45, 7) is 1.83. The molecule has 3 heterocycles. The van der Waals surface area contributed by atoms with Gasteiger partial charge in [0.15, 0.2) is 9.59 Å². The molecule has 1 aromatic heterocycles. The van der Waals surface area contributed by atoms with E-state index in [2.05, 4.69) is 15.5 Å². The number of thioether (sulfide) groups is 3. The average molecular weight is 488 g/mol. The highest BCUT2D eigenvalue weighted by molar-refractivity contribution is 8.02. The fourth-order valence-corrected chi connectivity index (χ4v) is 6.78. The molecule has 2 aliphatic rings. The number of aromatic nitrogens is 2. The maximum Gasteiger partial charge on any atom is 0.352 e. The fourth-order valence-electron chi connectivity index (χ4n) is 3.01. The Morgan fingerprint density at radius 3 is 2.80 bits per heavy atom. The number of carbonyl (C=O) groups is 3. The molecule has 2 aliphatic heterocycles. The van der Waals surface area contributed by atoms with Gasteiger partial charge < -0.3 is 15.2 Å². The minimum atomic E-state index is -1.71. The van der Waals surface area contributed by atoms with E-state index in [9.17, 15) is 19.5 Å². The number of methoxy groups -OCH3 is 1. The van der Waals surface area contributed by atoms with Crippen LogP contribution in [0.15, 0.2) is 15.6 Å². The van der Waals surface area contributed by atoms with Gasteiger partial charge >= 0.3 is 5.97 Å². The molecule has 2 amide bonds. The Hall–Kier alpha value is -1.79. The van der Waals surface area contributed by atoms with Crippen molar-refractivity contribution in [3.8, 4) is 6.07 Å². The Labute approximate surface area is 188 Å². The molecule has 3 atom stereocenters. The number of nitrogens with zero attached hydrogens (tertiary/aromatic N) is 4. The summed E-state index contributed by atoms with van der Waals surface area (Å²) in [5.74, 6) is -1.89. The molecule has 1 unspecified atom stereocenters. The molecule has 1 aromatic rings. The molecular weight excluding hydrogens is 470 g/mol. The zero-order valence-electron chi connectivity index (χ0n) is 16.1. The van der Waals surface area contributed by atoms with Gasteiger partial charge in [0.1, 0.15) is 16.1 Å². The molecule has 0 aliphatic carbocycles. The van der Waals surface area contributed by atoms with Crippen LogP contribution in [0, 0.1) is 18.3 Å². The van der Waals surface area contributed by atoms with Gasteiger partial charge in [0, 0.05) is 18.6 Å². The Balaban J connectivity index is 1.83. The average Bonchev–Trinajstić information content (AvgIpc) is 3.15. The number of nitriles is 1. The molecular formula is C16H17N5O5S4. The van der Waals surface area contributed by atoms with Gasteiger partial charge in [-0.1, -0.05) is 23.1 Å². The molecule has 30 heavy (non-hydrogen) atoms. The third kappa shape index (κ3) is 3.92. The number of hydrogen-bond acceptors (Lipinski definition) is 11. The van der Waals surface area contributed by atoms with Crippen LogP contribution in [0.2, 0.25) is 0 Å². The number of carbonyl (C=O) groups excluding carboxylic acids is 2. The third-order valence-electron chi connectivity index (χ3n) is 4.41. The summed E-state index contributed by atoms with van der Waals surface area (Å²) >= 11 is 5.09. The van der Waals surface area contributed by atoms with Gasteiger partial charge in [0.25, 0.3) is 11.6 Å². The molecule has 10 nitrogen and oxygen atoms in total. The first-order valence-electron chi connectivity index (χ1n) is 8.42. The summed E-state index contributed by atoms with van der Waals surface area (Å²) in [6, 6.07) is 1.85. The first-order valence-corrected chi connectivity index (χ1v) is 12.6. The molecule has 14 heteroatoms. The van der Waals surface area contributed by atoms with Crippen LogP contribution in [-0.2, 0) is 19.1 Å². The molecule has 2 N–H and O–H groups in total. The number of carboxylic acids is 1. The molecule has 1 fully saturated rings. The van der Waals surface area contributed by atoms with Crippen molar-refractivity contribution < 1.29 is 24.2 Å². The van der Waals surface area contributed by atoms with E-state index in [1.807, 2.05) is 13.0 Å². The second-order valence-corrected chi connectivity index (χ2v) is 10.6. The van der Waals surface area contributed by atoms with Gasteiger partial charge in [0.05, 0.1) is 6.07 Å². The predicted molar refractivity (Wildman–Crippen MR) is 114 cm³/mol. The fraction of sp³-hybridized carbons (Fsp3) is 0.500. The topological polar surface area (TPSA) is 146 Å². The van der Waals surface area contributed by atoms with E-state index in [-0.39, 0.29) is 5.70 Å². The maximum absolute atomic E-state index is 13.0. The molecule has 1 saturated heterocycles. The van der Waals surface area contributed by atoms with Crippen molar-refractivity contribution in [2.24, 2.45) is 0 Å². The first-order chi connectivity index (χ1) is 14.3. The van der Waals surface area contributed by atoms with E-state index in [0.29, 0.717) is 21.4 Å². The van der Waals surface area contributed by atoms with E-state index in [1.165, 1.54) is 42.0 Å². The number of nitrogens with one attached hydrogen (secondary N) is 1. The lowest BCUT2D eigenvalue weighted by Gasteiger charge is -2.55. The molecule has 160 valence electrons. The normalized spacial score (nSPS) is 24.0.